The number of hydrogen-bond acceptors (Lipinski definition) is 5. The van der Waals surface area contributed by atoms with Crippen LogP contribution in [0.3, 0.4) is 0 Å². The maximum Gasteiger partial charge on any atom is 0.119 e. The van der Waals surface area contributed by atoms with Crippen LogP contribution in [0.15, 0.2) is 53.5 Å². The molecule has 176 valence electrons. The van der Waals surface area contributed by atoms with Crippen molar-refractivity contribution in [1.29, 1.82) is 0 Å². The molecule has 3 aliphatic rings. The van der Waals surface area contributed by atoms with Gasteiger partial charge in [-0.25, -0.2) is 0 Å². The Balaban J connectivity index is 1.24. The fourth-order valence-electron chi connectivity index (χ4n) is 4.90. The summed E-state index contributed by atoms with van der Waals surface area (Å²) in [6.45, 7) is 4.70. The molecule has 6 heteroatoms. The fourth-order valence-corrected chi connectivity index (χ4v) is 5.03. The first kappa shape index (κ1) is 22.5. The minimum Gasteiger partial charge on any atom is -0.862 e. The second kappa shape index (κ2) is 10.4. The van der Waals surface area contributed by atoms with Crippen molar-refractivity contribution in [1.82, 2.24) is 4.90 Å². The van der Waals surface area contributed by atoms with Crippen LogP contribution >= 0.6 is 11.6 Å². The fraction of sp³-hybridized carbons (Fsp3) is 0.519. The molecule has 33 heavy (non-hydrogen) atoms. The number of halogens is 1. The van der Waals surface area contributed by atoms with Crippen LogP contribution < -0.4 is 14.7 Å². The zero-order valence-electron chi connectivity index (χ0n) is 19.2. The van der Waals surface area contributed by atoms with Crippen LogP contribution in [0.5, 0.6) is 5.75 Å². The first-order chi connectivity index (χ1) is 16.1. The second-order valence-electron chi connectivity index (χ2n) is 9.70. The predicted molar refractivity (Wildman–Crippen MR) is 132 cm³/mol. The number of ether oxygens (including phenoxy) is 1. The van der Waals surface area contributed by atoms with Crippen molar-refractivity contribution in [3.05, 3.63) is 59.1 Å². The van der Waals surface area contributed by atoms with Crippen LogP contribution in [-0.2, 0) is 6.42 Å². The Kier molecular flexibility index (Phi) is 7.07. The van der Waals surface area contributed by atoms with Crippen molar-refractivity contribution in [2.45, 2.75) is 50.7 Å². The second-order valence-corrected chi connectivity index (χ2v) is 10.1. The standard InChI is InChI=1S/C27H34ClN3O2/c28-22-5-7-24(8-6-22)31-16-13-21(18-31)27(32)29-23(19-30-14-1-2-15-30)17-20-3-9-25(10-4-20)33-26-11-12-26/h3-10,21,23,26H,1-2,11-19H2,(H,29,32)/p-1/t21-,23?/m1/s1. The smallest absolute Gasteiger partial charge is 0.119 e. The average molecular weight is 467 g/mol. The van der Waals surface area contributed by atoms with Crippen LogP contribution in [0, 0.1) is 5.92 Å². The number of hydrogen-bond donors (Lipinski definition) is 0. The Labute approximate surface area is 202 Å². The van der Waals surface area contributed by atoms with Gasteiger partial charge in [0.1, 0.15) is 5.75 Å². The van der Waals surface area contributed by atoms with E-state index in [0.717, 1.165) is 74.9 Å². The molecule has 2 heterocycles. The maximum absolute atomic E-state index is 13.2. The van der Waals surface area contributed by atoms with Crippen molar-refractivity contribution in [2.75, 3.05) is 37.6 Å². The van der Waals surface area contributed by atoms with Crippen LogP contribution in [0.25, 0.3) is 0 Å². The number of likely N-dealkylation sites (tertiary alicyclic amines) is 1. The summed E-state index contributed by atoms with van der Waals surface area (Å²) in [6, 6.07) is 16.2. The monoisotopic (exact) mass is 466 g/mol. The molecule has 0 N–H and O–H groups in total. The molecule has 0 spiro atoms. The summed E-state index contributed by atoms with van der Waals surface area (Å²) >= 11 is 6.03. The molecule has 0 amide bonds. The molecule has 2 aliphatic heterocycles. The van der Waals surface area contributed by atoms with Crippen LogP contribution in [0.1, 0.15) is 37.7 Å². The highest BCUT2D eigenvalue weighted by atomic mass is 35.5. The van der Waals surface area contributed by atoms with E-state index in [0.29, 0.717) is 6.10 Å². The molecular weight excluding hydrogens is 434 g/mol. The largest absolute Gasteiger partial charge is 0.862 e. The Morgan fingerprint density at radius 2 is 1.73 bits per heavy atom. The number of aliphatic imine (C=N–C) groups is 1. The molecule has 0 aromatic heterocycles. The molecule has 3 fully saturated rings. The van der Waals surface area contributed by atoms with Gasteiger partial charge in [-0.05, 0) is 99.5 Å². The van der Waals surface area contributed by atoms with Crippen LogP contribution in [0.2, 0.25) is 5.02 Å². The lowest BCUT2D eigenvalue weighted by Gasteiger charge is -2.26. The van der Waals surface area contributed by atoms with Gasteiger partial charge in [-0.15, -0.1) is 0 Å². The summed E-state index contributed by atoms with van der Waals surface area (Å²) in [7, 11) is 0. The van der Waals surface area contributed by atoms with Gasteiger partial charge in [-0.1, -0.05) is 23.7 Å². The highest BCUT2D eigenvalue weighted by Crippen LogP contribution is 2.28. The SMILES string of the molecule is [O-]C(=NC(Cc1ccc(OC2CC2)cc1)CN1CCCC1)[C@@H]1CCN(c2ccc(Cl)cc2)C1. The maximum atomic E-state index is 13.2. The molecule has 2 atom stereocenters. The van der Waals surface area contributed by atoms with Crippen molar-refractivity contribution in [2.24, 2.45) is 10.9 Å². The molecule has 2 aromatic carbocycles. The molecule has 2 aromatic rings. The number of nitrogens with zero attached hydrogens (tertiary/aromatic N) is 3. The first-order valence-electron chi connectivity index (χ1n) is 12.4. The summed E-state index contributed by atoms with van der Waals surface area (Å²) in [5.41, 5.74) is 2.34. The quantitative estimate of drug-likeness (QED) is 0.411. The molecule has 0 radical (unpaired) electrons. The minimum atomic E-state index is -0.0314. The van der Waals surface area contributed by atoms with E-state index in [1.807, 2.05) is 24.3 Å². The molecule has 1 aliphatic carbocycles. The van der Waals surface area contributed by atoms with Crippen molar-refractivity contribution < 1.29 is 9.84 Å². The van der Waals surface area contributed by atoms with E-state index in [-0.39, 0.29) is 17.9 Å². The summed E-state index contributed by atoms with van der Waals surface area (Å²) in [5.74, 6) is 0.971. The normalized spacial score (nSPS) is 22.6. The van der Waals surface area contributed by atoms with Gasteiger partial charge in [0.25, 0.3) is 0 Å². The van der Waals surface area contributed by atoms with Gasteiger partial charge in [0.05, 0.1) is 12.1 Å². The molecular formula is C27H33ClN3O2-. The van der Waals surface area contributed by atoms with E-state index in [1.54, 1.807) is 0 Å². The summed E-state index contributed by atoms with van der Waals surface area (Å²) in [6.07, 6.45) is 6.87. The van der Waals surface area contributed by atoms with E-state index in [9.17, 15) is 5.11 Å². The highest BCUT2D eigenvalue weighted by molar-refractivity contribution is 6.30. The summed E-state index contributed by atoms with van der Waals surface area (Å²) < 4.78 is 5.88. The number of anilines is 1. The Morgan fingerprint density at radius 3 is 2.42 bits per heavy atom. The number of benzene rings is 2. The minimum absolute atomic E-state index is 0.00428. The van der Waals surface area contributed by atoms with Gasteiger partial charge in [-0.3, -0.25) is 0 Å². The van der Waals surface area contributed by atoms with Crippen molar-refractivity contribution in [3.63, 3.8) is 0 Å². The lowest BCUT2D eigenvalue weighted by atomic mass is 10.0. The van der Waals surface area contributed by atoms with Gasteiger partial charge in [0, 0.05) is 36.3 Å². The third kappa shape index (κ3) is 6.21. The highest BCUT2D eigenvalue weighted by Gasteiger charge is 2.25. The van der Waals surface area contributed by atoms with Crippen LogP contribution in [-0.4, -0.2) is 55.7 Å². The van der Waals surface area contributed by atoms with E-state index in [2.05, 4.69) is 34.1 Å². The van der Waals surface area contributed by atoms with E-state index in [1.165, 1.54) is 18.4 Å². The Bertz CT molecular complexity index is 937. The van der Waals surface area contributed by atoms with E-state index >= 15 is 0 Å². The third-order valence-electron chi connectivity index (χ3n) is 6.93. The van der Waals surface area contributed by atoms with Gasteiger partial charge < -0.3 is 24.6 Å². The van der Waals surface area contributed by atoms with Gasteiger partial charge in [0.15, 0.2) is 0 Å². The van der Waals surface area contributed by atoms with Crippen LogP contribution in [0.4, 0.5) is 5.69 Å². The Hall–Kier alpha value is -2.24. The topological polar surface area (TPSA) is 51.1 Å². The van der Waals surface area contributed by atoms with Gasteiger partial charge >= 0.3 is 0 Å². The van der Waals surface area contributed by atoms with Gasteiger partial charge in [-0.2, -0.15) is 0 Å². The van der Waals surface area contributed by atoms with E-state index in [4.69, 9.17) is 21.3 Å². The third-order valence-corrected chi connectivity index (χ3v) is 7.18. The number of rotatable bonds is 9. The lowest BCUT2D eigenvalue weighted by molar-refractivity contribution is -0.223. The molecule has 5 nitrogen and oxygen atoms in total. The zero-order chi connectivity index (χ0) is 22.6. The Morgan fingerprint density at radius 1 is 1.00 bits per heavy atom. The van der Waals surface area contributed by atoms with E-state index < -0.39 is 0 Å². The lowest BCUT2D eigenvalue weighted by Crippen LogP contribution is -2.36. The molecule has 1 unspecified atom stereocenters. The molecule has 1 saturated carbocycles. The molecule has 2 saturated heterocycles. The van der Waals surface area contributed by atoms with Gasteiger partial charge in [0.2, 0.25) is 0 Å². The molecule has 0 bridgehead atoms. The zero-order valence-corrected chi connectivity index (χ0v) is 19.9. The predicted octanol–water partition coefficient (Wildman–Crippen LogP) is 4.17. The molecule has 5 rings (SSSR count). The first-order valence-corrected chi connectivity index (χ1v) is 12.7. The summed E-state index contributed by atoms with van der Waals surface area (Å²) in [4.78, 5) is 9.51. The summed E-state index contributed by atoms with van der Waals surface area (Å²) in [5, 5.41) is 13.9. The van der Waals surface area contributed by atoms with Crippen molar-refractivity contribution >= 4 is 23.2 Å². The average Bonchev–Trinajstić information content (AvgIpc) is 3.25. The van der Waals surface area contributed by atoms with Crippen molar-refractivity contribution in [3.8, 4) is 5.75 Å².